The molecule has 1 aliphatic rings. The van der Waals surface area contributed by atoms with Crippen LogP contribution < -0.4 is 0 Å². The predicted octanol–water partition coefficient (Wildman–Crippen LogP) is 4.29. The summed E-state index contributed by atoms with van der Waals surface area (Å²) in [5.74, 6) is -0.670. The molecule has 0 unspecified atom stereocenters. The molecular formula is C23H24FN3O2. The molecule has 0 saturated carbocycles. The number of carbonyl (C=O) groups excluding carboxylic acids is 2. The van der Waals surface area contributed by atoms with Crippen LogP contribution in [0.3, 0.4) is 0 Å². The molecule has 2 aromatic rings. The van der Waals surface area contributed by atoms with E-state index >= 15 is 0 Å². The average molecular weight is 393 g/mol. The Balaban J connectivity index is 1.75. The molecule has 6 heteroatoms. The highest BCUT2D eigenvalue weighted by Crippen LogP contribution is 2.44. The van der Waals surface area contributed by atoms with Gasteiger partial charge in [0.15, 0.2) is 5.78 Å². The summed E-state index contributed by atoms with van der Waals surface area (Å²) in [6, 6.07) is 8.00. The molecule has 3 rings (SSSR count). The van der Waals surface area contributed by atoms with Crippen LogP contribution in [0, 0.1) is 28.0 Å². The number of halogens is 1. The highest BCUT2D eigenvalue weighted by Gasteiger charge is 2.42. The number of fused-ring (bicyclic) bond motifs is 1. The molecule has 0 fully saturated rings. The van der Waals surface area contributed by atoms with E-state index in [2.05, 4.69) is 4.98 Å². The largest absolute Gasteiger partial charge is 0.342 e. The van der Waals surface area contributed by atoms with E-state index in [0.29, 0.717) is 35.9 Å². The number of nitriles is 1. The second-order valence-electron chi connectivity index (χ2n) is 8.75. The number of carbonyl (C=O) groups is 2. The summed E-state index contributed by atoms with van der Waals surface area (Å²) in [6.07, 6.45) is 4.46. The number of ketones is 1. The Labute approximate surface area is 169 Å². The first-order valence-electron chi connectivity index (χ1n) is 9.53. The van der Waals surface area contributed by atoms with Gasteiger partial charge in [0.05, 0.1) is 16.7 Å². The first-order valence-corrected chi connectivity index (χ1v) is 9.53. The maximum atomic E-state index is 13.3. The number of amides is 1. The Morgan fingerprint density at radius 2 is 2.03 bits per heavy atom. The van der Waals surface area contributed by atoms with Crippen LogP contribution >= 0.6 is 0 Å². The van der Waals surface area contributed by atoms with Crippen molar-refractivity contribution in [1.82, 2.24) is 9.88 Å². The highest BCUT2D eigenvalue weighted by molar-refractivity contribution is 6.03. The maximum Gasteiger partial charge on any atom is 0.255 e. The molecule has 29 heavy (non-hydrogen) atoms. The third-order valence-corrected chi connectivity index (χ3v) is 5.58. The molecule has 1 atom stereocenters. The number of aromatic nitrogens is 1. The molecule has 1 aliphatic carbocycles. The third kappa shape index (κ3) is 4.19. The van der Waals surface area contributed by atoms with Gasteiger partial charge in [-0.3, -0.25) is 14.6 Å². The Morgan fingerprint density at radius 1 is 1.31 bits per heavy atom. The molecule has 1 amide bonds. The quantitative estimate of drug-likeness (QED) is 0.777. The number of hydrogen-bond donors (Lipinski definition) is 0. The summed E-state index contributed by atoms with van der Waals surface area (Å²) in [5.41, 5.74) is 0.179. The van der Waals surface area contributed by atoms with E-state index in [1.807, 2.05) is 26.8 Å². The van der Waals surface area contributed by atoms with Crippen LogP contribution in [0.1, 0.15) is 44.0 Å². The van der Waals surface area contributed by atoms with Gasteiger partial charge in [-0.2, -0.15) is 5.26 Å². The van der Waals surface area contributed by atoms with Gasteiger partial charge < -0.3 is 4.90 Å². The lowest BCUT2D eigenvalue weighted by molar-refractivity contribution is -0.125. The zero-order valence-electron chi connectivity index (χ0n) is 17.1. The molecule has 0 aliphatic heterocycles. The van der Waals surface area contributed by atoms with Gasteiger partial charge in [-0.05, 0) is 36.5 Å². The smallest absolute Gasteiger partial charge is 0.255 e. The molecular weight excluding hydrogens is 369 g/mol. The minimum Gasteiger partial charge on any atom is -0.342 e. The van der Waals surface area contributed by atoms with E-state index in [4.69, 9.17) is 0 Å². The van der Waals surface area contributed by atoms with Gasteiger partial charge >= 0.3 is 0 Å². The SMILES string of the molecule is CN(CC[C@]1(C)C=C(C#N)C(=O)C(C)(C)C1)C(=O)c1cnc2cc(F)ccc2c1. The van der Waals surface area contributed by atoms with Gasteiger partial charge in [0.1, 0.15) is 11.9 Å². The average Bonchev–Trinajstić information content (AvgIpc) is 2.67. The minimum absolute atomic E-state index is 0.124. The Bertz CT molecular complexity index is 1070. The molecule has 1 heterocycles. The standard InChI is InChI=1S/C23H24FN3O2/c1-22(2)14-23(3,11-17(12-25)20(22)28)7-8-27(4)21(29)16-9-15-5-6-18(24)10-19(15)26-13-16/h5-6,9-11,13H,7-8,14H2,1-4H3/t23-/m1/s1. The monoisotopic (exact) mass is 393 g/mol. The van der Waals surface area contributed by atoms with Crippen molar-refractivity contribution in [3.8, 4) is 6.07 Å². The number of pyridine rings is 1. The zero-order valence-corrected chi connectivity index (χ0v) is 17.1. The van der Waals surface area contributed by atoms with Crippen LogP contribution in [0.15, 0.2) is 42.1 Å². The van der Waals surface area contributed by atoms with Crippen LogP contribution in [0.4, 0.5) is 4.39 Å². The Kier molecular flexibility index (Phi) is 5.27. The van der Waals surface area contributed by atoms with Crippen LogP contribution in [-0.4, -0.2) is 35.2 Å². The van der Waals surface area contributed by atoms with Crippen LogP contribution in [0.5, 0.6) is 0 Å². The van der Waals surface area contributed by atoms with E-state index in [1.165, 1.54) is 18.3 Å². The van der Waals surface area contributed by atoms with Gasteiger partial charge in [0, 0.05) is 36.7 Å². The fourth-order valence-corrected chi connectivity index (χ4v) is 4.12. The third-order valence-electron chi connectivity index (χ3n) is 5.58. The van der Waals surface area contributed by atoms with E-state index in [1.54, 1.807) is 30.2 Å². The number of nitrogens with zero attached hydrogens (tertiary/aromatic N) is 3. The van der Waals surface area contributed by atoms with Crippen LogP contribution in [-0.2, 0) is 4.79 Å². The van der Waals surface area contributed by atoms with Crippen molar-refractivity contribution in [3.05, 3.63) is 53.5 Å². The van der Waals surface area contributed by atoms with E-state index < -0.39 is 5.41 Å². The fourth-order valence-electron chi connectivity index (χ4n) is 4.12. The number of rotatable bonds is 4. The Hall–Kier alpha value is -3.07. The molecule has 5 nitrogen and oxygen atoms in total. The van der Waals surface area contributed by atoms with Gasteiger partial charge in [-0.1, -0.05) is 26.8 Å². The molecule has 0 saturated heterocycles. The van der Waals surface area contributed by atoms with E-state index in [0.717, 1.165) is 0 Å². The lowest BCUT2D eigenvalue weighted by atomic mass is 9.64. The molecule has 1 aromatic heterocycles. The summed E-state index contributed by atoms with van der Waals surface area (Å²) in [6.45, 7) is 6.20. The van der Waals surface area contributed by atoms with Crippen molar-refractivity contribution >= 4 is 22.6 Å². The molecule has 150 valence electrons. The van der Waals surface area contributed by atoms with Crippen LogP contribution in [0.25, 0.3) is 10.9 Å². The Morgan fingerprint density at radius 3 is 2.72 bits per heavy atom. The van der Waals surface area contributed by atoms with Gasteiger partial charge in [-0.25, -0.2) is 4.39 Å². The fraction of sp³-hybridized carbons (Fsp3) is 0.391. The lowest BCUT2D eigenvalue weighted by Gasteiger charge is -2.39. The molecule has 0 bridgehead atoms. The summed E-state index contributed by atoms with van der Waals surface area (Å²) in [4.78, 5) is 31.0. The van der Waals surface area contributed by atoms with Crippen molar-refractivity contribution < 1.29 is 14.0 Å². The first kappa shape index (κ1) is 20.7. The van der Waals surface area contributed by atoms with Gasteiger partial charge in [-0.15, -0.1) is 0 Å². The second-order valence-corrected chi connectivity index (χ2v) is 8.75. The number of benzene rings is 1. The molecule has 1 aromatic carbocycles. The van der Waals surface area contributed by atoms with Crippen LogP contribution in [0.2, 0.25) is 0 Å². The molecule has 0 radical (unpaired) electrons. The summed E-state index contributed by atoms with van der Waals surface area (Å²) in [5, 5.41) is 10.0. The maximum absolute atomic E-state index is 13.3. The predicted molar refractivity (Wildman–Crippen MR) is 108 cm³/mol. The van der Waals surface area contributed by atoms with E-state index in [-0.39, 0.29) is 28.5 Å². The van der Waals surface area contributed by atoms with Gasteiger partial charge in [0.2, 0.25) is 0 Å². The summed E-state index contributed by atoms with van der Waals surface area (Å²) >= 11 is 0. The topological polar surface area (TPSA) is 74.1 Å². The summed E-state index contributed by atoms with van der Waals surface area (Å²) < 4.78 is 13.3. The van der Waals surface area contributed by atoms with E-state index in [9.17, 15) is 19.2 Å². The lowest BCUT2D eigenvalue weighted by Crippen LogP contribution is -2.39. The van der Waals surface area contributed by atoms with Crippen molar-refractivity contribution in [2.24, 2.45) is 10.8 Å². The first-order chi connectivity index (χ1) is 13.5. The van der Waals surface area contributed by atoms with Crippen molar-refractivity contribution in [3.63, 3.8) is 0 Å². The zero-order chi connectivity index (χ0) is 21.4. The minimum atomic E-state index is -0.602. The number of Topliss-reactive ketones (excluding diaryl/α,β-unsaturated/α-hetero) is 1. The van der Waals surface area contributed by atoms with Gasteiger partial charge in [0.25, 0.3) is 5.91 Å². The number of hydrogen-bond acceptors (Lipinski definition) is 4. The van der Waals surface area contributed by atoms with Crippen molar-refractivity contribution in [1.29, 1.82) is 5.26 Å². The van der Waals surface area contributed by atoms with Crippen molar-refractivity contribution in [2.45, 2.75) is 33.6 Å². The molecule has 0 spiro atoms. The normalized spacial score (nSPS) is 20.8. The van der Waals surface area contributed by atoms with Crippen molar-refractivity contribution in [2.75, 3.05) is 13.6 Å². The molecule has 0 N–H and O–H groups in total. The highest BCUT2D eigenvalue weighted by atomic mass is 19.1. The number of allylic oxidation sites excluding steroid dienone is 2. The summed E-state index contributed by atoms with van der Waals surface area (Å²) in [7, 11) is 1.72. The second kappa shape index (κ2) is 7.40.